The summed E-state index contributed by atoms with van der Waals surface area (Å²) in [6.45, 7) is 4.31. The molecule has 38 heavy (non-hydrogen) atoms. The zero-order chi connectivity index (χ0) is 27.7. The van der Waals surface area contributed by atoms with E-state index < -0.39 is 23.1 Å². The molecule has 2 aliphatic rings. The van der Waals surface area contributed by atoms with Gasteiger partial charge in [-0.15, -0.1) is 0 Å². The Labute approximate surface area is 225 Å². The highest BCUT2D eigenvalue weighted by molar-refractivity contribution is 6.09. The van der Waals surface area contributed by atoms with Crippen molar-refractivity contribution in [1.29, 1.82) is 0 Å². The number of ketones is 1. The van der Waals surface area contributed by atoms with Crippen molar-refractivity contribution >= 4 is 17.7 Å². The number of allylic oxidation sites excluding steroid dienone is 2. The van der Waals surface area contributed by atoms with Gasteiger partial charge in [0.1, 0.15) is 22.8 Å². The van der Waals surface area contributed by atoms with Crippen molar-refractivity contribution in [1.82, 2.24) is 0 Å². The van der Waals surface area contributed by atoms with Crippen molar-refractivity contribution in [3.8, 4) is 11.5 Å². The summed E-state index contributed by atoms with van der Waals surface area (Å²) in [7, 11) is 1.41. The quantitative estimate of drug-likeness (QED) is 0.136. The minimum Gasteiger partial charge on any atom is -0.507 e. The van der Waals surface area contributed by atoms with E-state index in [-0.39, 0.29) is 22.9 Å². The monoisotopic (exact) mass is 526 g/mol. The molecule has 1 unspecified atom stereocenters. The Kier molecular flexibility index (Phi) is 10.6. The first-order valence-electron chi connectivity index (χ1n) is 14.2. The van der Waals surface area contributed by atoms with Crippen LogP contribution in [-0.2, 0) is 26.2 Å². The molecule has 1 aromatic rings. The standard InChI is InChI=1S/C31H42O7/c1-4-6-8-10-11-13-15-17-23-27(29(34)35)24(33)20-25-28(23)31(30(36)38-25)21(16-14-12-9-7-5-2)18-22(32)19-26(31)37-3/h18-20,33H,4-17H2,1-3H3,(H,34,35). The molecule has 1 aromatic carbocycles. The molecule has 1 aliphatic carbocycles. The van der Waals surface area contributed by atoms with Crippen molar-refractivity contribution in [3.05, 3.63) is 46.2 Å². The van der Waals surface area contributed by atoms with E-state index >= 15 is 0 Å². The number of benzene rings is 1. The van der Waals surface area contributed by atoms with E-state index in [1.807, 2.05) is 0 Å². The van der Waals surface area contributed by atoms with Crippen LogP contribution in [0.2, 0.25) is 0 Å². The molecule has 7 heteroatoms. The number of aromatic hydroxyl groups is 1. The smallest absolute Gasteiger partial charge is 0.339 e. The molecule has 0 aromatic heterocycles. The highest BCUT2D eigenvalue weighted by Crippen LogP contribution is 2.55. The topological polar surface area (TPSA) is 110 Å². The van der Waals surface area contributed by atoms with Gasteiger partial charge in [0.05, 0.1) is 7.11 Å². The lowest BCUT2D eigenvalue weighted by Gasteiger charge is -2.34. The number of aromatic carboxylic acids is 1. The molecule has 208 valence electrons. The van der Waals surface area contributed by atoms with Crippen LogP contribution in [0.3, 0.4) is 0 Å². The molecule has 0 fully saturated rings. The fraction of sp³-hybridized carbons (Fsp3) is 0.581. The molecule has 1 atom stereocenters. The van der Waals surface area contributed by atoms with Gasteiger partial charge >= 0.3 is 11.9 Å². The molecule has 0 saturated heterocycles. The van der Waals surface area contributed by atoms with Gasteiger partial charge in [0, 0.05) is 17.7 Å². The molecule has 1 aliphatic heterocycles. The summed E-state index contributed by atoms with van der Waals surface area (Å²) in [5, 5.41) is 20.8. The number of hydrogen-bond donors (Lipinski definition) is 2. The summed E-state index contributed by atoms with van der Waals surface area (Å²) < 4.78 is 11.4. The number of methoxy groups -OCH3 is 1. The molecular weight excluding hydrogens is 484 g/mol. The highest BCUT2D eigenvalue weighted by atomic mass is 16.5. The van der Waals surface area contributed by atoms with Crippen LogP contribution in [0, 0.1) is 0 Å². The summed E-state index contributed by atoms with van der Waals surface area (Å²) in [5.74, 6) is -2.33. The Morgan fingerprint density at radius 3 is 2.05 bits per heavy atom. The summed E-state index contributed by atoms with van der Waals surface area (Å²) in [6, 6.07) is 1.21. The van der Waals surface area contributed by atoms with Gasteiger partial charge in [0.15, 0.2) is 11.2 Å². The summed E-state index contributed by atoms with van der Waals surface area (Å²) in [6.07, 6.45) is 15.9. The third kappa shape index (κ3) is 5.97. The van der Waals surface area contributed by atoms with E-state index in [0.29, 0.717) is 36.0 Å². The SMILES string of the molecule is CCCCCCCCCc1c(C(=O)O)c(O)cc2c1C1(C(=O)O2)C(CCCCCCC)=CC(=O)C=C1OC. The number of carbonyl (C=O) groups excluding carboxylic acids is 2. The number of hydrogen-bond acceptors (Lipinski definition) is 6. The van der Waals surface area contributed by atoms with Gasteiger partial charge in [-0.3, -0.25) is 4.79 Å². The van der Waals surface area contributed by atoms with Crippen molar-refractivity contribution in [3.63, 3.8) is 0 Å². The second-order valence-corrected chi connectivity index (χ2v) is 10.4. The molecule has 0 amide bonds. The van der Waals surface area contributed by atoms with Gasteiger partial charge in [-0.2, -0.15) is 0 Å². The van der Waals surface area contributed by atoms with Crippen molar-refractivity contribution in [2.75, 3.05) is 7.11 Å². The van der Waals surface area contributed by atoms with Crippen LogP contribution in [0.5, 0.6) is 11.5 Å². The molecule has 1 spiro atoms. The third-order valence-corrected chi connectivity index (χ3v) is 7.71. The third-order valence-electron chi connectivity index (χ3n) is 7.71. The van der Waals surface area contributed by atoms with Crippen molar-refractivity contribution in [2.24, 2.45) is 0 Å². The maximum absolute atomic E-state index is 13.7. The minimum atomic E-state index is -1.53. The number of esters is 1. The maximum atomic E-state index is 13.7. The fourth-order valence-electron chi connectivity index (χ4n) is 5.84. The van der Waals surface area contributed by atoms with Gasteiger partial charge in [0.2, 0.25) is 0 Å². The number of phenols is 1. The predicted octanol–water partition coefficient (Wildman–Crippen LogP) is 6.94. The van der Waals surface area contributed by atoms with Crippen LogP contribution in [0.4, 0.5) is 0 Å². The van der Waals surface area contributed by atoms with E-state index in [1.54, 1.807) is 0 Å². The Morgan fingerprint density at radius 2 is 1.47 bits per heavy atom. The maximum Gasteiger partial charge on any atom is 0.339 e. The summed E-state index contributed by atoms with van der Waals surface area (Å²) in [5.41, 5.74) is -0.422. The lowest BCUT2D eigenvalue weighted by molar-refractivity contribution is -0.137. The zero-order valence-electron chi connectivity index (χ0n) is 23.1. The minimum absolute atomic E-state index is 0.129. The number of ether oxygens (including phenoxy) is 2. The number of fused-ring (bicyclic) bond motifs is 2. The summed E-state index contributed by atoms with van der Waals surface area (Å²) in [4.78, 5) is 38.7. The number of rotatable bonds is 16. The second-order valence-electron chi connectivity index (χ2n) is 10.4. The summed E-state index contributed by atoms with van der Waals surface area (Å²) >= 11 is 0. The average Bonchev–Trinajstić information content (AvgIpc) is 3.16. The van der Waals surface area contributed by atoms with E-state index in [1.165, 1.54) is 44.6 Å². The fourth-order valence-corrected chi connectivity index (χ4v) is 5.84. The van der Waals surface area contributed by atoms with E-state index in [0.717, 1.165) is 51.4 Å². The Balaban J connectivity index is 2.06. The predicted molar refractivity (Wildman–Crippen MR) is 146 cm³/mol. The van der Waals surface area contributed by atoms with Gasteiger partial charge in [0.25, 0.3) is 0 Å². The van der Waals surface area contributed by atoms with E-state index in [9.17, 15) is 24.6 Å². The molecule has 0 bridgehead atoms. The molecule has 0 radical (unpaired) electrons. The molecular formula is C31H42O7. The van der Waals surface area contributed by atoms with Crippen LogP contribution in [0.1, 0.15) is 119 Å². The van der Waals surface area contributed by atoms with E-state index in [2.05, 4.69) is 13.8 Å². The van der Waals surface area contributed by atoms with E-state index in [4.69, 9.17) is 9.47 Å². The van der Waals surface area contributed by atoms with Gasteiger partial charge in [-0.25, -0.2) is 9.59 Å². The van der Waals surface area contributed by atoms with Gasteiger partial charge in [-0.1, -0.05) is 78.1 Å². The lowest BCUT2D eigenvalue weighted by atomic mass is 9.66. The largest absolute Gasteiger partial charge is 0.507 e. The zero-order valence-corrected chi connectivity index (χ0v) is 23.1. The first-order chi connectivity index (χ1) is 18.3. The van der Waals surface area contributed by atoms with Crippen LogP contribution >= 0.6 is 0 Å². The second kappa shape index (κ2) is 13.6. The lowest BCUT2D eigenvalue weighted by Crippen LogP contribution is -2.42. The van der Waals surface area contributed by atoms with Crippen LogP contribution in [0.15, 0.2) is 29.6 Å². The molecule has 7 nitrogen and oxygen atoms in total. The normalized spacial score (nSPS) is 18.3. The Morgan fingerprint density at radius 1 is 0.895 bits per heavy atom. The first-order valence-corrected chi connectivity index (χ1v) is 14.2. The first kappa shape index (κ1) is 29.5. The number of unbranched alkanes of at least 4 members (excludes halogenated alkanes) is 10. The Hall–Kier alpha value is -3.09. The van der Waals surface area contributed by atoms with Crippen molar-refractivity contribution < 1.29 is 34.1 Å². The molecule has 2 N–H and O–H groups in total. The molecule has 3 rings (SSSR count). The van der Waals surface area contributed by atoms with Crippen LogP contribution in [0.25, 0.3) is 0 Å². The van der Waals surface area contributed by atoms with Gasteiger partial charge in [-0.05, 0) is 42.9 Å². The van der Waals surface area contributed by atoms with Crippen LogP contribution in [-0.4, -0.2) is 35.0 Å². The molecule has 0 saturated carbocycles. The number of carboxylic acid groups (broad SMARTS) is 1. The number of carbonyl (C=O) groups is 3. The van der Waals surface area contributed by atoms with Crippen molar-refractivity contribution in [2.45, 2.75) is 109 Å². The molecule has 1 heterocycles. The average molecular weight is 527 g/mol. The number of carboxylic acids is 1. The Bertz CT molecular complexity index is 1100. The van der Waals surface area contributed by atoms with Gasteiger partial charge < -0.3 is 19.7 Å². The highest BCUT2D eigenvalue weighted by Gasteiger charge is 2.59. The van der Waals surface area contributed by atoms with Crippen LogP contribution < -0.4 is 4.74 Å².